The molecule has 1 aliphatic heterocycles. The number of carbonyl (C=O) groups excluding carboxylic acids is 3. The third-order valence-electron chi connectivity index (χ3n) is 4.17. The number of carbonyl (C=O) groups is 3. The predicted molar refractivity (Wildman–Crippen MR) is 108 cm³/mol. The standard InChI is InChI=1S/C19H27N3O6S/c1-12(16(23)20-18(25)21-19(2,3)4)28-17(24)14-8-9-15-13(11-14)7-6-10-22(15)29(5,26)27/h8-9,11-12H,6-7,10H2,1-5H3,(H2,20,21,23,25)/t12-/m0/s1. The van der Waals surface area contributed by atoms with Gasteiger partial charge < -0.3 is 10.1 Å². The summed E-state index contributed by atoms with van der Waals surface area (Å²) in [6, 6.07) is 3.92. The third-order valence-corrected chi connectivity index (χ3v) is 5.35. The van der Waals surface area contributed by atoms with E-state index in [1.54, 1.807) is 32.9 Å². The van der Waals surface area contributed by atoms with Crippen molar-refractivity contribution >= 4 is 33.6 Å². The molecule has 1 aliphatic rings. The summed E-state index contributed by atoms with van der Waals surface area (Å²) in [6.07, 6.45) is 1.23. The van der Waals surface area contributed by atoms with E-state index < -0.39 is 39.6 Å². The lowest BCUT2D eigenvalue weighted by molar-refractivity contribution is -0.127. The van der Waals surface area contributed by atoms with Crippen molar-refractivity contribution in [2.45, 2.75) is 52.2 Å². The fourth-order valence-corrected chi connectivity index (χ4v) is 3.90. The number of nitrogens with one attached hydrogen (secondary N) is 2. The smallest absolute Gasteiger partial charge is 0.338 e. The molecule has 0 radical (unpaired) electrons. The van der Waals surface area contributed by atoms with E-state index in [0.29, 0.717) is 25.1 Å². The molecule has 1 atom stereocenters. The van der Waals surface area contributed by atoms with Crippen LogP contribution in [-0.2, 0) is 26.0 Å². The molecular weight excluding hydrogens is 398 g/mol. The number of amides is 3. The second kappa shape index (κ2) is 8.40. The molecule has 160 valence electrons. The molecule has 0 saturated heterocycles. The Bertz CT molecular complexity index is 920. The van der Waals surface area contributed by atoms with Gasteiger partial charge in [-0.25, -0.2) is 18.0 Å². The van der Waals surface area contributed by atoms with Gasteiger partial charge in [0, 0.05) is 12.1 Å². The van der Waals surface area contributed by atoms with Crippen LogP contribution in [0.3, 0.4) is 0 Å². The van der Waals surface area contributed by atoms with Crippen molar-refractivity contribution < 1.29 is 27.5 Å². The Kier molecular flexibility index (Phi) is 6.56. The molecule has 3 amide bonds. The van der Waals surface area contributed by atoms with Gasteiger partial charge in [-0.15, -0.1) is 0 Å². The van der Waals surface area contributed by atoms with E-state index in [4.69, 9.17) is 4.74 Å². The first-order valence-electron chi connectivity index (χ1n) is 9.22. The molecule has 0 bridgehead atoms. The summed E-state index contributed by atoms with van der Waals surface area (Å²) >= 11 is 0. The van der Waals surface area contributed by atoms with Crippen molar-refractivity contribution in [1.82, 2.24) is 10.6 Å². The van der Waals surface area contributed by atoms with Gasteiger partial charge in [0.1, 0.15) is 0 Å². The number of benzene rings is 1. The molecule has 9 nitrogen and oxygen atoms in total. The van der Waals surface area contributed by atoms with Crippen LogP contribution in [0.5, 0.6) is 0 Å². The quantitative estimate of drug-likeness (QED) is 0.706. The number of fused-ring (bicyclic) bond motifs is 1. The Morgan fingerprint density at radius 1 is 1.21 bits per heavy atom. The van der Waals surface area contributed by atoms with Crippen LogP contribution in [0, 0.1) is 0 Å². The third kappa shape index (κ3) is 6.18. The molecule has 0 fully saturated rings. The van der Waals surface area contributed by atoms with E-state index in [0.717, 1.165) is 11.8 Å². The number of rotatable bonds is 4. The Morgan fingerprint density at radius 3 is 2.45 bits per heavy atom. The summed E-state index contributed by atoms with van der Waals surface area (Å²) in [5.41, 5.74) is 0.948. The molecule has 1 aromatic rings. The Hall–Kier alpha value is -2.62. The first kappa shape index (κ1) is 22.7. The normalized spacial score (nSPS) is 15.1. The number of hydrogen-bond donors (Lipinski definition) is 2. The van der Waals surface area contributed by atoms with Gasteiger partial charge in [0.25, 0.3) is 5.91 Å². The summed E-state index contributed by atoms with van der Waals surface area (Å²) in [4.78, 5) is 36.2. The number of esters is 1. The largest absolute Gasteiger partial charge is 0.449 e. The maximum atomic E-state index is 12.4. The van der Waals surface area contributed by atoms with Gasteiger partial charge in [0.15, 0.2) is 6.10 Å². The molecular formula is C19H27N3O6S. The fourth-order valence-electron chi connectivity index (χ4n) is 2.90. The summed E-state index contributed by atoms with van der Waals surface area (Å²) < 4.78 is 30.3. The van der Waals surface area contributed by atoms with Crippen LogP contribution < -0.4 is 14.9 Å². The minimum absolute atomic E-state index is 0.206. The highest BCUT2D eigenvalue weighted by Crippen LogP contribution is 2.30. The summed E-state index contributed by atoms with van der Waals surface area (Å²) in [5.74, 6) is -1.48. The van der Waals surface area contributed by atoms with Crippen LogP contribution in [0.4, 0.5) is 10.5 Å². The molecule has 0 aromatic heterocycles. The van der Waals surface area contributed by atoms with Gasteiger partial charge in [-0.2, -0.15) is 0 Å². The van der Waals surface area contributed by atoms with Crippen LogP contribution >= 0.6 is 0 Å². The van der Waals surface area contributed by atoms with E-state index in [1.807, 2.05) is 0 Å². The zero-order chi connectivity index (χ0) is 22.0. The molecule has 1 aromatic carbocycles. The number of urea groups is 1. The van der Waals surface area contributed by atoms with Crippen molar-refractivity contribution in [2.75, 3.05) is 17.1 Å². The molecule has 2 N–H and O–H groups in total. The highest BCUT2D eigenvalue weighted by molar-refractivity contribution is 7.92. The van der Waals surface area contributed by atoms with Gasteiger partial charge in [-0.3, -0.25) is 14.4 Å². The van der Waals surface area contributed by atoms with Crippen LogP contribution in [0.25, 0.3) is 0 Å². The van der Waals surface area contributed by atoms with Crippen molar-refractivity contribution in [3.05, 3.63) is 29.3 Å². The Morgan fingerprint density at radius 2 is 1.86 bits per heavy atom. The van der Waals surface area contributed by atoms with Gasteiger partial charge in [0.2, 0.25) is 10.0 Å². The zero-order valence-electron chi connectivity index (χ0n) is 17.2. The SMILES string of the molecule is C[C@H](OC(=O)c1ccc2c(c1)CCCN2S(C)(=O)=O)C(=O)NC(=O)NC(C)(C)C. The Balaban J connectivity index is 2.06. The molecule has 0 saturated carbocycles. The van der Waals surface area contributed by atoms with E-state index in [-0.39, 0.29) is 5.56 Å². The van der Waals surface area contributed by atoms with Crippen LogP contribution in [0.2, 0.25) is 0 Å². The Labute approximate surface area is 170 Å². The number of ether oxygens (including phenoxy) is 1. The lowest BCUT2D eigenvalue weighted by atomic mass is 10.0. The lowest BCUT2D eigenvalue weighted by Gasteiger charge is -2.29. The highest BCUT2D eigenvalue weighted by atomic mass is 32.2. The van der Waals surface area contributed by atoms with Crippen LogP contribution in [0.1, 0.15) is 50.0 Å². The monoisotopic (exact) mass is 425 g/mol. The van der Waals surface area contributed by atoms with Gasteiger partial charge >= 0.3 is 12.0 Å². The van der Waals surface area contributed by atoms with E-state index in [9.17, 15) is 22.8 Å². The fraction of sp³-hybridized carbons (Fsp3) is 0.526. The number of anilines is 1. The topological polar surface area (TPSA) is 122 Å². The number of nitrogens with zero attached hydrogens (tertiary/aromatic N) is 1. The van der Waals surface area contributed by atoms with Crippen molar-refractivity contribution in [2.24, 2.45) is 0 Å². The van der Waals surface area contributed by atoms with E-state index in [1.165, 1.54) is 17.3 Å². The first-order chi connectivity index (χ1) is 13.3. The molecule has 29 heavy (non-hydrogen) atoms. The lowest BCUT2D eigenvalue weighted by Crippen LogP contribution is -2.50. The van der Waals surface area contributed by atoms with Gasteiger partial charge in [0.05, 0.1) is 17.5 Å². The van der Waals surface area contributed by atoms with Crippen molar-refractivity contribution in [1.29, 1.82) is 0 Å². The molecule has 0 spiro atoms. The molecule has 2 rings (SSSR count). The second-order valence-corrected chi connectivity index (χ2v) is 9.93. The maximum Gasteiger partial charge on any atom is 0.338 e. The van der Waals surface area contributed by atoms with Crippen molar-refractivity contribution in [3.63, 3.8) is 0 Å². The number of sulfonamides is 1. The van der Waals surface area contributed by atoms with Crippen molar-refractivity contribution in [3.8, 4) is 0 Å². The number of imide groups is 1. The second-order valence-electron chi connectivity index (χ2n) is 8.02. The minimum atomic E-state index is -3.40. The summed E-state index contributed by atoms with van der Waals surface area (Å²) in [5, 5.41) is 4.70. The van der Waals surface area contributed by atoms with Gasteiger partial charge in [-0.05, 0) is 64.3 Å². The predicted octanol–water partition coefficient (Wildman–Crippen LogP) is 1.57. The number of hydrogen-bond acceptors (Lipinski definition) is 6. The average Bonchev–Trinajstić information content (AvgIpc) is 2.57. The van der Waals surface area contributed by atoms with Crippen LogP contribution in [0.15, 0.2) is 18.2 Å². The van der Waals surface area contributed by atoms with E-state index in [2.05, 4.69) is 10.6 Å². The number of aryl methyl sites for hydroxylation is 1. The molecule has 10 heteroatoms. The average molecular weight is 426 g/mol. The molecule has 0 aliphatic carbocycles. The zero-order valence-corrected chi connectivity index (χ0v) is 18.1. The summed E-state index contributed by atoms with van der Waals surface area (Å²) in [6.45, 7) is 7.05. The molecule has 1 heterocycles. The maximum absolute atomic E-state index is 12.4. The molecule has 0 unspecified atom stereocenters. The first-order valence-corrected chi connectivity index (χ1v) is 11.1. The summed E-state index contributed by atoms with van der Waals surface area (Å²) in [7, 11) is -3.40. The minimum Gasteiger partial charge on any atom is -0.449 e. The van der Waals surface area contributed by atoms with Gasteiger partial charge in [-0.1, -0.05) is 0 Å². The van der Waals surface area contributed by atoms with Crippen LogP contribution in [-0.4, -0.2) is 50.8 Å². The van der Waals surface area contributed by atoms with E-state index >= 15 is 0 Å². The highest BCUT2D eigenvalue weighted by Gasteiger charge is 2.26.